The zero-order valence-corrected chi connectivity index (χ0v) is 15.5. The van der Waals surface area contributed by atoms with Crippen molar-refractivity contribution in [3.05, 3.63) is 58.5 Å². The van der Waals surface area contributed by atoms with Crippen molar-refractivity contribution >= 4 is 56.4 Å². The standard InChI is InChI=1S/C19H11Cl2N5O/c1-27-19-16-11(2-5-24-19)18(25-15-3-4-23-9-12(15)16)26-17-13(20)6-10(8-22)7-14(17)21/h2-7,9H,1H3,(H,25,26). The SMILES string of the molecule is COc1nccc2c(Nc3c(Cl)cc(C#N)cc3Cl)nc3ccncc3c12. The van der Waals surface area contributed by atoms with Gasteiger partial charge in [0.2, 0.25) is 5.88 Å². The van der Waals surface area contributed by atoms with Crippen LogP contribution in [0, 0.1) is 11.3 Å². The summed E-state index contributed by atoms with van der Waals surface area (Å²) in [6.07, 6.45) is 5.02. The highest BCUT2D eigenvalue weighted by Gasteiger charge is 2.16. The number of hydrogen-bond donors (Lipinski definition) is 1. The van der Waals surface area contributed by atoms with Crippen LogP contribution >= 0.6 is 23.2 Å². The first-order valence-corrected chi connectivity index (χ1v) is 8.60. The van der Waals surface area contributed by atoms with E-state index in [0.29, 0.717) is 38.5 Å². The summed E-state index contributed by atoms with van der Waals surface area (Å²) in [7, 11) is 1.56. The molecule has 0 aliphatic carbocycles. The third kappa shape index (κ3) is 2.97. The minimum atomic E-state index is 0.324. The molecule has 1 aromatic carbocycles. The number of nitrogens with zero attached hydrogens (tertiary/aromatic N) is 4. The van der Waals surface area contributed by atoms with Crippen LogP contribution in [-0.2, 0) is 0 Å². The van der Waals surface area contributed by atoms with Gasteiger partial charge in [-0.3, -0.25) is 4.98 Å². The molecule has 3 aromatic heterocycles. The lowest BCUT2D eigenvalue weighted by Gasteiger charge is -2.15. The number of ether oxygens (including phenoxy) is 1. The van der Waals surface area contributed by atoms with Gasteiger partial charge in [0.05, 0.1) is 45.4 Å². The van der Waals surface area contributed by atoms with Gasteiger partial charge < -0.3 is 10.1 Å². The Morgan fingerprint density at radius 2 is 1.89 bits per heavy atom. The minimum Gasteiger partial charge on any atom is -0.481 e. The number of hydrogen-bond acceptors (Lipinski definition) is 6. The second-order valence-electron chi connectivity index (χ2n) is 5.65. The predicted molar refractivity (Wildman–Crippen MR) is 106 cm³/mol. The molecular formula is C19H11Cl2N5O. The van der Waals surface area contributed by atoms with Crippen molar-refractivity contribution in [2.45, 2.75) is 0 Å². The zero-order valence-electron chi connectivity index (χ0n) is 14.0. The number of rotatable bonds is 3. The van der Waals surface area contributed by atoms with E-state index in [4.69, 9.17) is 33.2 Å². The molecule has 0 saturated carbocycles. The van der Waals surface area contributed by atoms with Crippen LogP contribution in [-0.4, -0.2) is 22.1 Å². The third-order valence-electron chi connectivity index (χ3n) is 4.08. The Kier molecular flexibility index (Phi) is 4.40. The van der Waals surface area contributed by atoms with Crippen molar-refractivity contribution in [3.63, 3.8) is 0 Å². The van der Waals surface area contributed by atoms with Crippen molar-refractivity contribution in [2.75, 3.05) is 12.4 Å². The Balaban J connectivity index is 1.99. The normalized spacial score (nSPS) is 10.7. The average molecular weight is 396 g/mol. The molecule has 1 N–H and O–H groups in total. The molecule has 0 fully saturated rings. The Bertz CT molecular complexity index is 1210. The largest absolute Gasteiger partial charge is 0.481 e. The molecule has 0 bridgehead atoms. The smallest absolute Gasteiger partial charge is 0.221 e. The van der Waals surface area contributed by atoms with Gasteiger partial charge in [-0.25, -0.2) is 9.97 Å². The summed E-state index contributed by atoms with van der Waals surface area (Å²) in [6, 6.07) is 8.74. The topological polar surface area (TPSA) is 83.7 Å². The molecule has 0 atom stereocenters. The summed E-state index contributed by atoms with van der Waals surface area (Å²) in [5, 5.41) is 15.3. The van der Waals surface area contributed by atoms with Crippen LogP contribution in [0.4, 0.5) is 11.5 Å². The number of fused-ring (bicyclic) bond motifs is 3. The van der Waals surface area contributed by atoms with E-state index in [1.54, 1.807) is 43.9 Å². The Hall–Kier alpha value is -3.14. The molecule has 27 heavy (non-hydrogen) atoms. The van der Waals surface area contributed by atoms with E-state index in [1.165, 1.54) is 0 Å². The molecule has 0 aliphatic heterocycles. The summed E-state index contributed by atoms with van der Waals surface area (Å²) in [4.78, 5) is 13.2. The maximum absolute atomic E-state index is 9.06. The van der Waals surface area contributed by atoms with Crippen LogP contribution in [0.5, 0.6) is 5.88 Å². The monoisotopic (exact) mass is 395 g/mol. The van der Waals surface area contributed by atoms with E-state index >= 15 is 0 Å². The first-order chi connectivity index (χ1) is 13.1. The molecule has 4 rings (SSSR count). The summed E-state index contributed by atoms with van der Waals surface area (Å²) >= 11 is 12.6. The van der Waals surface area contributed by atoms with Gasteiger partial charge in [0, 0.05) is 29.4 Å². The van der Waals surface area contributed by atoms with E-state index in [1.807, 2.05) is 12.1 Å². The van der Waals surface area contributed by atoms with Gasteiger partial charge in [-0.2, -0.15) is 5.26 Å². The fourth-order valence-electron chi connectivity index (χ4n) is 2.88. The number of halogens is 2. The van der Waals surface area contributed by atoms with Gasteiger partial charge in [0.15, 0.2) is 0 Å². The number of nitrogens with one attached hydrogen (secondary N) is 1. The number of anilines is 2. The molecule has 0 unspecified atom stereocenters. The lowest BCUT2D eigenvalue weighted by atomic mass is 10.1. The highest BCUT2D eigenvalue weighted by Crippen LogP contribution is 2.38. The first-order valence-electron chi connectivity index (χ1n) is 7.85. The van der Waals surface area contributed by atoms with E-state index in [-0.39, 0.29) is 0 Å². The van der Waals surface area contributed by atoms with Gasteiger partial charge in [-0.15, -0.1) is 0 Å². The van der Waals surface area contributed by atoms with Crippen LogP contribution in [0.1, 0.15) is 5.56 Å². The van der Waals surface area contributed by atoms with Crippen molar-refractivity contribution in [3.8, 4) is 11.9 Å². The molecule has 8 heteroatoms. The number of nitriles is 1. The van der Waals surface area contributed by atoms with Gasteiger partial charge >= 0.3 is 0 Å². The van der Waals surface area contributed by atoms with Crippen LogP contribution < -0.4 is 10.1 Å². The zero-order chi connectivity index (χ0) is 19.0. The van der Waals surface area contributed by atoms with Crippen molar-refractivity contribution in [1.82, 2.24) is 15.0 Å². The predicted octanol–water partition coefficient (Wildman–Crippen LogP) is 5.11. The van der Waals surface area contributed by atoms with Gasteiger partial charge in [0.25, 0.3) is 0 Å². The minimum absolute atomic E-state index is 0.324. The molecule has 0 aliphatic rings. The summed E-state index contributed by atoms with van der Waals surface area (Å²) in [5.74, 6) is 1.01. The van der Waals surface area contributed by atoms with Gasteiger partial charge in [0.1, 0.15) is 5.82 Å². The molecule has 0 saturated heterocycles. The maximum Gasteiger partial charge on any atom is 0.221 e. The molecule has 0 amide bonds. The van der Waals surface area contributed by atoms with Gasteiger partial charge in [-0.05, 0) is 24.3 Å². The van der Waals surface area contributed by atoms with Crippen molar-refractivity contribution < 1.29 is 4.74 Å². The number of aromatic nitrogens is 3. The molecule has 132 valence electrons. The average Bonchev–Trinajstić information content (AvgIpc) is 2.69. The van der Waals surface area contributed by atoms with Crippen molar-refractivity contribution in [1.29, 1.82) is 5.26 Å². The van der Waals surface area contributed by atoms with E-state index < -0.39 is 0 Å². The first kappa shape index (κ1) is 17.3. The second-order valence-corrected chi connectivity index (χ2v) is 6.46. The van der Waals surface area contributed by atoms with Gasteiger partial charge in [-0.1, -0.05) is 23.2 Å². The Labute approximate surface area is 164 Å². The van der Waals surface area contributed by atoms with E-state index in [9.17, 15) is 0 Å². The lowest BCUT2D eigenvalue weighted by Crippen LogP contribution is -2.00. The van der Waals surface area contributed by atoms with Crippen molar-refractivity contribution in [2.24, 2.45) is 0 Å². The molecule has 0 spiro atoms. The second kappa shape index (κ2) is 6.88. The molecule has 6 nitrogen and oxygen atoms in total. The van der Waals surface area contributed by atoms with Crippen LogP contribution in [0.25, 0.3) is 21.7 Å². The highest BCUT2D eigenvalue weighted by molar-refractivity contribution is 6.39. The molecular weight excluding hydrogens is 385 g/mol. The lowest BCUT2D eigenvalue weighted by molar-refractivity contribution is 0.403. The third-order valence-corrected chi connectivity index (χ3v) is 4.68. The Morgan fingerprint density at radius 3 is 2.59 bits per heavy atom. The number of methoxy groups -OCH3 is 1. The highest BCUT2D eigenvalue weighted by atomic mass is 35.5. The number of benzene rings is 1. The molecule has 3 heterocycles. The Morgan fingerprint density at radius 1 is 1.11 bits per heavy atom. The molecule has 4 aromatic rings. The molecule has 0 radical (unpaired) electrons. The summed E-state index contributed by atoms with van der Waals surface area (Å²) in [5.41, 5.74) is 1.56. The van der Waals surface area contributed by atoms with E-state index in [2.05, 4.69) is 20.3 Å². The van der Waals surface area contributed by atoms with Crippen LogP contribution in [0.15, 0.2) is 42.9 Å². The summed E-state index contributed by atoms with van der Waals surface area (Å²) < 4.78 is 5.44. The quantitative estimate of drug-likeness (QED) is 0.485. The maximum atomic E-state index is 9.06. The van der Waals surface area contributed by atoms with Crippen LogP contribution in [0.2, 0.25) is 10.0 Å². The fourth-order valence-corrected chi connectivity index (χ4v) is 3.47. The van der Waals surface area contributed by atoms with E-state index in [0.717, 1.165) is 16.2 Å². The number of pyridine rings is 3. The summed E-state index contributed by atoms with van der Waals surface area (Å²) in [6.45, 7) is 0. The fraction of sp³-hybridized carbons (Fsp3) is 0.0526. The van der Waals surface area contributed by atoms with Crippen LogP contribution in [0.3, 0.4) is 0 Å².